The fourth-order valence-electron chi connectivity index (χ4n) is 2.17. The standard InChI is InChI=1S/C17H21NO3.C3H6O2/c1-2-17(20)18-14(12-19)10-11-21-16-9-5-7-13-6-3-4-8-15(13)16;1-2-3(4)5/h3-9,14,19H,2,10-12H2,1H3,(H,18,20);2H2,1H3,(H,4,5). The highest BCUT2D eigenvalue weighted by Gasteiger charge is 2.10. The zero-order valence-corrected chi connectivity index (χ0v) is 15.3. The number of aliphatic hydroxyl groups excluding tert-OH is 1. The maximum atomic E-state index is 11.3. The number of carboxylic acid groups (broad SMARTS) is 1. The molecule has 2 rings (SSSR count). The first-order chi connectivity index (χ1) is 12.5. The summed E-state index contributed by atoms with van der Waals surface area (Å²) in [6, 6.07) is 13.7. The molecule has 1 unspecified atom stereocenters. The van der Waals surface area contributed by atoms with Crippen molar-refractivity contribution >= 4 is 22.6 Å². The van der Waals surface area contributed by atoms with Crippen LogP contribution in [0, 0.1) is 0 Å². The van der Waals surface area contributed by atoms with Crippen LogP contribution in [0.5, 0.6) is 5.75 Å². The molecule has 0 aromatic heterocycles. The second-order valence-electron chi connectivity index (χ2n) is 5.66. The predicted octanol–water partition coefficient (Wildman–Crippen LogP) is 2.98. The van der Waals surface area contributed by atoms with E-state index >= 15 is 0 Å². The average molecular weight is 361 g/mol. The van der Waals surface area contributed by atoms with Crippen LogP contribution in [-0.4, -0.2) is 41.3 Å². The number of carbonyl (C=O) groups is 2. The maximum absolute atomic E-state index is 11.3. The molecule has 3 N–H and O–H groups in total. The summed E-state index contributed by atoms with van der Waals surface area (Å²) in [7, 11) is 0. The minimum Gasteiger partial charge on any atom is -0.493 e. The Morgan fingerprint density at radius 3 is 2.35 bits per heavy atom. The molecular formula is C20H27NO5. The number of amides is 1. The Kier molecular flexibility index (Phi) is 9.79. The lowest BCUT2D eigenvalue weighted by Gasteiger charge is -2.16. The molecule has 1 atom stereocenters. The molecule has 0 spiro atoms. The van der Waals surface area contributed by atoms with Crippen molar-refractivity contribution in [2.75, 3.05) is 13.2 Å². The maximum Gasteiger partial charge on any atom is 0.303 e. The second kappa shape index (κ2) is 11.9. The third kappa shape index (κ3) is 7.53. The highest BCUT2D eigenvalue weighted by Crippen LogP contribution is 2.25. The number of ether oxygens (including phenoxy) is 1. The van der Waals surface area contributed by atoms with E-state index in [1.54, 1.807) is 13.8 Å². The van der Waals surface area contributed by atoms with Crippen molar-refractivity contribution in [1.29, 1.82) is 0 Å². The summed E-state index contributed by atoms with van der Waals surface area (Å²) in [5, 5.41) is 22.0. The normalized spacial score (nSPS) is 11.2. The fourth-order valence-corrected chi connectivity index (χ4v) is 2.17. The van der Waals surface area contributed by atoms with Gasteiger partial charge in [0.05, 0.1) is 19.3 Å². The number of aliphatic carboxylic acids is 1. The number of benzene rings is 2. The van der Waals surface area contributed by atoms with Crippen LogP contribution >= 0.6 is 0 Å². The molecular weight excluding hydrogens is 334 g/mol. The lowest BCUT2D eigenvalue weighted by Crippen LogP contribution is -2.38. The van der Waals surface area contributed by atoms with Gasteiger partial charge in [0.25, 0.3) is 0 Å². The van der Waals surface area contributed by atoms with Crippen molar-refractivity contribution < 1.29 is 24.5 Å². The van der Waals surface area contributed by atoms with Gasteiger partial charge < -0.3 is 20.3 Å². The highest BCUT2D eigenvalue weighted by molar-refractivity contribution is 5.88. The van der Waals surface area contributed by atoms with Gasteiger partial charge in [0.1, 0.15) is 5.75 Å². The molecule has 6 heteroatoms. The Labute approximate surface area is 153 Å². The summed E-state index contributed by atoms with van der Waals surface area (Å²) in [5.41, 5.74) is 0. The smallest absolute Gasteiger partial charge is 0.303 e. The topological polar surface area (TPSA) is 95.9 Å². The van der Waals surface area contributed by atoms with Crippen LogP contribution in [-0.2, 0) is 9.59 Å². The molecule has 2 aromatic rings. The van der Waals surface area contributed by atoms with Gasteiger partial charge in [0, 0.05) is 24.6 Å². The van der Waals surface area contributed by atoms with Crippen molar-refractivity contribution in [2.45, 2.75) is 39.2 Å². The molecule has 0 aliphatic rings. The van der Waals surface area contributed by atoms with E-state index in [0.717, 1.165) is 16.5 Å². The van der Waals surface area contributed by atoms with Crippen LogP contribution in [0.1, 0.15) is 33.1 Å². The fraction of sp³-hybridized carbons (Fsp3) is 0.400. The molecule has 0 fully saturated rings. The van der Waals surface area contributed by atoms with Crippen molar-refractivity contribution in [1.82, 2.24) is 5.32 Å². The zero-order chi connectivity index (χ0) is 19.4. The Bertz CT molecular complexity index is 696. The minimum atomic E-state index is -0.745. The van der Waals surface area contributed by atoms with E-state index in [9.17, 15) is 14.7 Å². The molecule has 0 bridgehead atoms. The van der Waals surface area contributed by atoms with E-state index in [1.807, 2.05) is 42.5 Å². The molecule has 6 nitrogen and oxygen atoms in total. The number of carbonyl (C=O) groups excluding carboxylic acids is 1. The largest absolute Gasteiger partial charge is 0.493 e. The molecule has 1 amide bonds. The number of carboxylic acids is 1. The van der Waals surface area contributed by atoms with Gasteiger partial charge in [0.15, 0.2) is 0 Å². The molecule has 0 heterocycles. The molecule has 0 saturated heterocycles. The third-order valence-electron chi connectivity index (χ3n) is 3.68. The Morgan fingerprint density at radius 2 is 1.73 bits per heavy atom. The number of fused-ring (bicyclic) bond motifs is 1. The Morgan fingerprint density at radius 1 is 1.08 bits per heavy atom. The molecule has 0 radical (unpaired) electrons. The van der Waals surface area contributed by atoms with Crippen LogP contribution < -0.4 is 10.1 Å². The van der Waals surface area contributed by atoms with E-state index in [0.29, 0.717) is 19.4 Å². The number of hydrogen-bond donors (Lipinski definition) is 3. The van der Waals surface area contributed by atoms with Crippen molar-refractivity contribution in [3.8, 4) is 5.75 Å². The molecule has 2 aromatic carbocycles. The monoisotopic (exact) mass is 361 g/mol. The Hall–Kier alpha value is -2.60. The number of hydrogen-bond acceptors (Lipinski definition) is 4. The van der Waals surface area contributed by atoms with Gasteiger partial charge in [-0.05, 0) is 11.5 Å². The van der Waals surface area contributed by atoms with Crippen LogP contribution in [0.2, 0.25) is 0 Å². The number of nitrogens with one attached hydrogen (secondary N) is 1. The van der Waals surface area contributed by atoms with Crippen LogP contribution in [0.15, 0.2) is 42.5 Å². The predicted molar refractivity (Wildman–Crippen MR) is 101 cm³/mol. The quantitative estimate of drug-likeness (QED) is 0.672. The van der Waals surface area contributed by atoms with E-state index in [1.165, 1.54) is 0 Å². The summed E-state index contributed by atoms with van der Waals surface area (Å²) < 4.78 is 5.80. The summed E-state index contributed by atoms with van der Waals surface area (Å²) >= 11 is 0. The Balaban J connectivity index is 0.000000597. The third-order valence-corrected chi connectivity index (χ3v) is 3.68. The summed E-state index contributed by atoms with van der Waals surface area (Å²) in [6.07, 6.45) is 1.21. The van der Waals surface area contributed by atoms with Gasteiger partial charge in [-0.25, -0.2) is 0 Å². The highest BCUT2D eigenvalue weighted by atomic mass is 16.5. The van der Waals surface area contributed by atoms with E-state index in [-0.39, 0.29) is 25.0 Å². The van der Waals surface area contributed by atoms with Crippen molar-refractivity contribution in [3.05, 3.63) is 42.5 Å². The summed E-state index contributed by atoms with van der Waals surface area (Å²) in [4.78, 5) is 20.7. The average Bonchev–Trinajstić information content (AvgIpc) is 2.67. The minimum absolute atomic E-state index is 0.0563. The second-order valence-corrected chi connectivity index (χ2v) is 5.66. The molecule has 0 aliphatic heterocycles. The lowest BCUT2D eigenvalue weighted by molar-refractivity contribution is -0.136. The van der Waals surface area contributed by atoms with Crippen LogP contribution in [0.25, 0.3) is 10.8 Å². The number of rotatable bonds is 8. The lowest BCUT2D eigenvalue weighted by atomic mass is 10.1. The molecule has 0 aliphatic carbocycles. The zero-order valence-electron chi connectivity index (χ0n) is 15.3. The SMILES string of the molecule is CCC(=O)NC(CO)CCOc1cccc2ccccc12.CCC(=O)O. The van der Waals surface area contributed by atoms with Gasteiger partial charge in [-0.3, -0.25) is 9.59 Å². The summed E-state index contributed by atoms with van der Waals surface area (Å²) in [5.74, 6) is 0.0239. The van der Waals surface area contributed by atoms with Gasteiger partial charge in [-0.15, -0.1) is 0 Å². The first-order valence-electron chi connectivity index (χ1n) is 8.74. The van der Waals surface area contributed by atoms with Gasteiger partial charge in [0.2, 0.25) is 5.91 Å². The van der Waals surface area contributed by atoms with Crippen molar-refractivity contribution in [2.24, 2.45) is 0 Å². The van der Waals surface area contributed by atoms with Gasteiger partial charge in [-0.1, -0.05) is 50.2 Å². The van der Waals surface area contributed by atoms with E-state index in [4.69, 9.17) is 9.84 Å². The van der Waals surface area contributed by atoms with Crippen LogP contribution in [0.3, 0.4) is 0 Å². The van der Waals surface area contributed by atoms with Gasteiger partial charge in [-0.2, -0.15) is 0 Å². The van der Waals surface area contributed by atoms with E-state index < -0.39 is 5.97 Å². The van der Waals surface area contributed by atoms with Gasteiger partial charge >= 0.3 is 5.97 Å². The first kappa shape index (κ1) is 21.4. The first-order valence-corrected chi connectivity index (χ1v) is 8.74. The molecule has 142 valence electrons. The number of aliphatic hydroxyl groups is 1. The summed E-state index contributed by atoms with van der Waals surface area (Å²) in [6.45, 7) is 3.76. The van der Waals surface area contributed by atoms with Crippen molar-refractivity contribution in [3.63, 3.8) is 0 Å². The van der Waals surface area contributed by atoms with E-state index in [2.05, 4.69) is 5.32 Å². The molecule has 26 heavy (non-hydrogen) atoms. The van der Waals surface area contributed by atoms with Crippen LogP contribution in [0.4, 0.5) is 0 Å². The molecule has 0 saturated carbocycles.